The molecule has 20 heavy (non-hydrogen) atoms. The molecule has 0 spiro atoms. The molecule has 0 aliphatic carbocycles. The van der Waals surface area contributed by atoms with E-state index in [2.05, 4.69) is 4.98 Å². The summed E-state index contributed by atoms with van der Waals surface area (Å²) in [4.78, 5) is 18.5. The minimum Gasteiger partial charge on any atom is -0.490 e. The van der Waals surface area contributed by atoms with Crippen LogP contribution in [0.15, 0.2) is 36.5 Å². The lowest BCUT2D eigenvalue weighted by Crippen LogP contribution is -2.38. The third-order valence-corrected chi connectivity index (χ3v) is 3.51. The number of anilines is 1. The van der Waals surface area contributed by atoms with Gasteiger partial charge in [0.2, 0.25) is 0 Å². The molecular weight excluding hydrogens is 276 g/mol. The Bertz CT molecular complexity index is 673. The average Bonchev–Trinajstić information content (AvgIpc) is 2.46. The van der Waals surface area contributed by atoms with Crippen LogP contribution >= 0.6 is 11.6 Å². The molecule has 2 heterocycles. The number of fused-ring (bicyclic) bond motifs is 1. The second-order valence-electron chi connectivity index (χ2n) is 4.58. The third-order valence-electron chi connectivity index (χ3n) is 3.19. The number of carbonyl (C=O) groups is 1. The van der Waals surface area contributed by atoms with E-state index in [1.165, 1.54) is 6.20 Å². The van der Waals surface area contributed by atoms with Gasteiger partial charge in [-0.15, -0.1) is 0 Å². The van der Waals surface area contributed by atoms with Gasteiger partial charge in [-0.2, -0.15) is 0 Å². The highest BCUT2D eigenvalue weighted by Crippen LogP contribution is 2.32. The largest absolute Gasteiger partial charge is 0.490 e. The van der Waals surface area contributed by atoms with E-state index in [1.54, 1.807) is 11.0 Å². The number of amides is 1. The lowest BCUT2D eigenvalue weighted by atomic mass is 10.2. The van der Waals surface area contributed by atoms with Gasteiger partial charge < -0.3 is 9.64 Å². The van der Waals surface area contributed by atoms with Crippen LogP contribution in [0.2, 0.25) is 5.02 Å². The minimum atomic E-state index is -0.154. The molecule has 102 valence electrons. The van der Waals surface area contributed by atoms with Gasteiger partial charge in [-0.3, -0.25) is 9.78 Å². The van der Waals surface area contributed by atoms with Crippen molar-refractivity contribution in [2.24, 2.45) is 0 Å². The molecule has 0 radical (unpaired) electrons. The fourth-order valence-electron chi connectivity index (χ4n) is 2.21. The molecule has 2 aromatic rings. The Morgan fingerprint density at radius 1 is 1.40 bits per heavy atom. The molecule has 5 heteroatoms. The van der Waals surface area contributed by atoms with Gasteiger partial charge in [-0.1, -0.05) is 23.7 Å². The molecular formula is C15H13ClN2O2. The fraction of sp³-hybridized carbons (Fsp3) is 0.200. The van der Waals surface area contributed by atoms with Crippen molar-refractivity contribution in [3.63, 3.8) is 0 Å². The number of rotatable bonds is 1. The third kappa shape index (κ3) is 2.23. The zero-order valence-corrected chi connectivity index (χ0v) is 11.7. The summed E-state index contributed by atoms with van der Waals surface area (Å²) in [5, 5.41) is 0.423. The Kier molecular flexibility index (Phi) is 3.32. The second kappa shape index (κ2) is 5.13. The summed E-state index contributed by atoms with van der Waals surface area (Å²) in [7, 11) is 0. The van der Waals surface area contributed by atoms with Crippen molar-refractivity contribution in [2.75, 3.05) is 18.1 Å². The predicted molar refractivity (Wildman–Crippen MR) is 77.6 cm³/mol. The van der Waals surface area contributed by atoms with Gasteiger partial charge in [0, 0.05) is 11.9 Å². The van der Waals surface area contributed by atoms with Gasteiger partial charge in [-0.25, -0.2) is 0 Å². The van der Waals surface area contributed by atoms with Gasteiger partial charge in [0.15, 0.2) is 0 Å². The van der Waals surface area contributed by atoms with Crippen molar-refractivity contribution in [1.82, 2.24) is 4.98 Å². The quantitative estimate of drug-likeness (QED) is 0.810. The second-order valence-corrected chi connectivity index (χ2v) is 4.99. The molecule has 0 saturated heterocycles. The van der Waals surface area contributed by atoms with Crippen LogP contribution in [0, 0.1) is 6.92 Å². The molecule has 0 bridgehead atoms. The number of aromatic nitrogens is 1. The summed E-state index contributed by atoms with van der Waals surface area (Å²) in [5.74, 6) is 0.557. The topological polar surface area (TPSA) is 42.4 Å². The first kappa shape index (κ1) is 12.9. The summed E-state index contributed by atoms with van der Waals surface area (Å²) in [6.45, 7) is 2.81. The lowest BCUT2D eigenvalue weighted by molar-refractivity contribution is 0.0976. The number of benzene rings is 1. The monoisotopic (exact) mass is 288 g/mol. The van der Waals surface area contributed by atoms with Crippen molar-refractivity contribution in [1.29, 1.82) is 0 Å². The summed E-state index contributed by atoms with van der Waals surface area (Å²) in [6, 6.07) is 9.17. The van der Waals surface area contributed by atoms with Crippen LogP contribution < -0.4 is 9.64 Å². The van der Waals surface area contributed by atoms with Gasteiger partial charge >= 0.3 is 0 Å². The number of pyridine rings is 1. The van der Waals surface area contributed by atoms with E-state index >= 15 is 0 Å². The van der Waals surface area contributed by atoms with E-state index in [1.807, 2.05) is 31.2 Å². The number of hydrogen-bond acceptors (Lipinski definition) is 3. The molecule has 1 aromatic carbocycles. The average molecular weight is 289 g/mol. The Balaban J connectivity index is 2.00. The van der Waals surface area contributed by atoms with Gasteiger partial charge in [0.1, 0.15) is 12.4 Å². The highest BCUT2D eigenvalue weighted by Gasteiger charge is 2.25. The predicted octanol–water partition coefficient (Wildman–Crippen LogP) is 3.08. The standard InChI is InChI=1S/C15H13ClN2O2/c1-10-8-12(16)11(9-17-10)15(19)18-6-7-20-14-5-3-2-4-13(14)18/h2-5,8-9H,6-7H2,1H3. The zero-order valence-electron chi connectivity index (χ0n) is 11.0. The SMILES string of the molecule is Cc1cc(Cl)c(C(=O)N2CCOc3ccccc32)cn1. The van der Waals surface area contributed by atoms with Crippen LogP contribution in [0.4, 0.5) is 5.69 Å². The molecule has 0 N–H and O–H groups in total. The summed E-state index contributed by atoms with van der Waals surface area (Å²) in [5.41, 5.74) is 1.96. The van der Waals surface area contributed by atoms with Crippen LogP contribution in [0.1, 0.15) is 16.1 Å². The molecule has 0 unspecified atom stereocenters. The van der Waals surface area contributed by atoms with E-state index in [4.69, 9.17) is 16.3 Å². The van der Waals surface area contributed by atoms with E-state index in [0.29, 0.717) is 29.5 Å². The first-order valence-electron chi connectivity index (χ1n) is 6.32. The van der Waals surface area contributed by atoms with Gasteiger partial charge in [0.25, 0.3) is 5.91 Å². The van der Waals surface area contributed by atoms with E-state index < -0.39 is 0 Å². The Morgan fingerprint density at radius 2 is 2.20 bits per heavy atom. The molecule has 3 rings (SSSR count). The number of nitrogens with zero attached hydrogens (tertiary/aromatic N) is 2. The first-order chi connectivity index (χ1) is 9.66. The Hall–Kier alpha value is -2.07. The van der Waals surface area contributed by atoms with Crippen LogP contribution in [-0.4, -0.2) is 24.0 Å². The number of ether oxygens (including phenoxy) is 1. The normalized spacial score (nSPS) is 13.6. The molecule has 1 aliphatic heterocycles. The summed E-state index contributed by atoms with van der Waals surface area (Å²) < 4.78 is 5.55. The van der Waals surface area contributed by atoms with Gasteiger partial charge in [0.05, 0.1) is 22.8 Å². The van der Waals surface area contributed by atoms with Crippen molar-refractivity contribution in [3.05, 3.63) is 52.8 Å². The summed E-state index contributed by atoms with van der Waals surface area (Å²) in [6.07, 6.45) is 1.53. The molecule has 0 saturated carbocycles. The summed E-state index contributed by atoms with van der Waals surface area (Å²) >= 11 is 6.15. The molecule has 1 amide bonds. The van der Waals surface area contributed by atoms with Crippen molar-refractivity contribution < 1.29 is 9.53 Å². The molecule has 0 atom stereocenters. The van der Waals surface area contributed by atoms with Crippen LogP contribution in [0.3, 0.4) is 0 Å². The number of para-hydroxylation sites is 2. The molecule has 1 aromatic heterocycles. The number of aryl methyl sites for hydroxylation is 1. The number of hydrogen-bond donors (Lipinski definition) is 0. The molecule has 0 fully saturated rings. The Labute approximate surface area is 122 Å². The number of carbonyl (C=O) groups excluding carboxylic acids is 1. The minimum absolute atomic E-state index is 0.154. The van der Waals surface area contributed by atoms with E-state index in [-0.39, 0.29) is 5.91 Å². The maximum absolute atomic E-state index is 12.6. The first-order valence-corrected chi connectivity index (χ1v) is 6.70. The highest BCUT2D eigenvalue weighted by atomic mass is 35.5. The fourth-order valence-corrected chi connectivity index (χ4v) is 2.50. The smallest absolute Gasteiger partial charge is 0.261 e. The zero-order chi connectivity index (χ0) is 14.1. The highest BCUT2D eigenvalue weighted by molar-refractivity contribution is 6.34. The van der Waals surface area contributed by atoms with Gasteiger partial charge in [-0.05, 0) is 25.1 Å². The van der Waals surface area contributed by atoms with Crippen molar-refractivity contribution in [3.8, 4) is 5.75 Å². The van der Waals surface area contributed by atoms with Crippen molar-refractivity contribution >= 4 is 23.2 Å². The Morgan fingerprint density at radius 3 is 3.00 bits per heavy atom. The molecule has 4 nitrogen and oxygen atoms in total. The van der Waals surface area contributed by atoms with E-state index in [9.17, 15) is 4.79 Å². The number of halogens is 1. The maximum atomic E-state index is 12.6. The van der Waals surface area contributed by atoms with Crippen LogP contribution in [-0.2, 0) is 0 Å². The molecule has 1 aliphatic rings. The maximum Gasteiger partial charge on any atom is 0.261 e. The lowest BCUT2D eigenvalue weighted by Gasteiger charge is -2.29. The van der Waals surface area contributed by atoms with E-state index in [0.717, 1.165) is 11.4 Å². The van der Waals surface area contributed by atoms with Crippen molar-refractivity contribution in [2.45, 2.75) is 6.92 Å². The van der Waals surface area contributed by atoms with Crippen LogP contribution in [0.25, 0.3) is 0 Å². The van der Waals surface area contributed by atoms with Crippen LogP contribution in [0.5, 0.6) is 5.75 Å².